The van der Waals surface area contributed by atoms with Gasteiger partial charge in [-0.25, -0.2) is 14.1 Å². The Morgan fingerprint density at radius 2 is 1.03 bits per heavy atom. The highest BCUT2D eigenvalue weighted by molar-refractivity contribution is 5.89. The van der Waals surface area contributed by atoms with Crippen LogP contribution in [0.1, 0.15) is 43.2 Å². The number of ether oxygens (including phenoxy) is 2. The quantitative estimate of drug-likeness (QED) is 0.435. The number of hydrogen-bond donors (Lipinski definition) is 0. The molecule has 2 aromatic heterocycles. The number of rotatable bonds is 6. The monoisotopic (exact) mass is 432 g/mol. The summed E-state index contributed by atoms with van der Waals surface area (Å²) in [6, 6.07) is 16.9. The van der Waals surface area contributed by atoms with Gasteiger partial charge in [-0.1, -0.05) is 36.4 Å². The van der Waals surface area contributed by atoms with Crippen LogP contribution in [0.4, 0.5) is 0 Å². The highest BCUT2D eigenvalue weighted by Crippen LogP contribution is 2.15. The fraction of sp³-hybridized carbons (Fsp3) is 0.167. The maximum atomic E-state index is 12.7. The first-order valence-electron chi connectivity index (χ1n) is 9.92. The number of carbonyl (C=O) groups is 2. The summed E-state index contributed by atoms with van der Waals surface area (Å²) in [5.74, 6) is -1.11. The lowest BCUT2D eigenvalue weighted by molar-refractivity contribution is 0.0458. The highest BCUT2D eigenvalue weighted by Gasteiger charge is 2.24. The lowest BCUT2D eigenvalue weighted by Gasteiger charge is -2.09. The summed E-state index contributed by atoms with van der Waals surface area (Å²) in [7, 11) is 0. The molecule has 32 heavy (non-hydrogen) atoms. The van der Waals surface area contributed by atoms with Crippen molar-refractivity contribution in [1.29, 1.82) is 0 Å². The summed E-state index contributed by atoms with van der Waals surface area (Å²) in [6.45, 7) is 2.67. The minimum Gasteiger partial charge on any atom is -0.456 e. The second-order valence-electron chi connectivity index (χ2n) is 7.26. The van der Waals surface area contributed by atoms with Crippen molar-refractivity contribution in [2.24, 2.45) is 0 Å². The summed E-state index contributed by atoms with van der Waals surface area (Å²) >= 11 is 0. The molecule has 162 valence electrons. The Bertz CT molecular complexity index is 1300. The lowest BCUT2D eigenvalue weighted by Crippen LogP contribution is -2.23. The van der Waals surface area contributed by atoms with Gasteiger partial charge in [0.2, 0.25) is 0 Å². The molecule has 0 aliphatic carbocycles. The Morgan fingerprint density at radius 3 is 1.41 bits per heavy atom. The fourth-order valence-corrected chi connectivity index (χ4v) is 3.48. The molecule has 0 N–H and O–H groups in total. The van der Waals surface area contributed by atoms with Crippen LogP contribution in [-0.4, -0.2) is 21.0 Å². The highest BCUT2D eigenvalue weighted by atomic mass is 16.5. The summed E-state index contributed by atoms with van der Waals surface area (Å²) in [5, 5.41) is 0. The Kier molecular flexibility index (Phi) is 5.59. The molecule has 2 heterocycles. The maximum Gasteiger partial charge on any atom is 0.338 e. The van der Waals surface area contributed by atoms with Gasteiger partial charge < -0.3 is 9.47 Å². The Hall–Kier alpha value is -4.20. The van der Waals surface area contributed by atoms with Gasteiger partial charge >= 0.3 is 11.9 Å². The van der Waals surface area contributed by atoms with Crippen molar-refractivity contribution in [3.63, 3.8) is 0 Å². The normalized spacial score (nSPS) is 10.9. The molecule has 0 atom stereocenters. The molecule has 8 nitrogen and oxygen atoms in total. The van der Waals surface area contributed by atoms with E-state index in [0.29, 0.717) is 22.5 Å². The molecule has 0 unspecified atom stereocenters. The van der Waals surface area contributed by atoms with Gasteiger partial charge in [-0.3, -0.25) is 9.59 Å². The van der Waals surface area contributed by atoms with E-state index in [1.54, 1.807) is 74.5 Å². The summed E-state index contributed by atoms with van der Waals surface area (Å²) < 4.78 is 13.1. The average Bonchev–Trinajstić information content (AvgIpc) is 3.22. The summed E-state index contributed by atoms with van der Waals surface area (Å²) in [4.78, 5) is 50.1. The molecule has 4 rings (SSSR count). The second kappa shape index (κ2) is 8.50. The van der Waals surface area contributed by atoms with Crippen molar-refractivity contribution in [2.75, 3.05) is 0 Å². The molecule has 0 aliphatic rings. The van der Waals surface area contributed by atoms with Crippen LogP contribution in [0.25, 0.3) is 0 Å². The predicted molar refractivity (Wildman–Crippen MR) is 115 cm³/mol. The Balaban J connectivity index is 1.66. The van der Waals surface area contributed by atoms with Crippen molar-refractivity contribution >= 4 is 11.9 Å². The molecule has 0 saturated carbocycles. The third-order valence-electron chi connectivity index (χ3n) is 5.30. The van der Waals surface area contributed by atoms with E-state index >= 15 is 0 Å². The second-order valence-corrected chi connectivity index (χ2v) is 7.26. The number of carbonyl (C=O) groups excluding carboxylic acids is 2. The zero-order chi connectivity index (χ0) is 22.8. The van der Waals surface area contributed by atoms with Crippen LogP contribution in [0, 0.1) is 13.8 Å². The van der Waals surface area contributed by atoms with Crippen molar-refractivity contribution in [3.05, 3.63) is 115 Å². The van der Waals surface area contributed by atoms with E-state index in [4.69, 9.17) is 9.47 Å². The van der Waals surface area contributed by atoms with Gasteiger partial charge in [-0.05, 0) is 38.1 Å². The fourth-order valence-electron chi connectivity index (χ4n) is 3.48. The number of fused-ring (bicyclic) bond motifs is 1. The van der Waals surface area contributed by atoms with Crippen molar-refractivity contribution in [2.45, 2.75) is 27.1 Å². The van der Waals surface area contributed by atoms with Crippen LogP contribution in [0.2, 0.25) is 0 Å². The first kappa shape index (κ1) is 21.0. The molecule has 4 aromatic rings. The SMILES string of the molecule is Cc1c(COC(=O)c2ccccc2)n2c(COC(=O)c3ccccc3)c(C)c(=O)n2c1=O. The Labute approximate surface area is 182 Å². The predicted octanol–water partition coefficient (Wildman–Crippen LogP) is 2.53. The van der Waals surface area contributed by atoms with Gasteiger partial charge in [-0.15, -0.1) is 0 Å². The number of nitrogens with zero attached hydrogens (tertiary/aromatic N) is 2. The van der Waals surface area contributed by atoms with Gasteiger partial charge in [0.25, 0.3) is 11.1 Å². The van der Waals surface area contributed by atoms with Gasteiger partial charge in [0.1, 0.15) is 13.2 Å². The van der Waals surface area contributed by atoms with E-state index in [9.17, 15) is 19.2 Å². The zero-order valence-electron chi connectivity index (χ0n) is 17.5. The van der Waals surface area contributed by atoms with Crippen LogP contribution in [0.15, 0.2) is 70.3 Å². The topological polar surface area (TPSA) is 95.6 Å². The Morgan fingerprint density at radius 1 is 0.656 bits per heavy atom. The van der Waals surface area contributed by atoms with Crippen LogP contribution < -0.4 is 11.1 Å². The lowest BCUT2D eigenvalue weighted by atomic mass is 10.2. The van der Waals surface area contributed by atoms with Crippen molar-refractivity contribution in [1.82, 2.24) is 9.03 Å². The standard InChI is InChI=1S/C24H20N2O6/c1-15-19(13-31-23(29)17-9-5-3-6-10-17)25-20(16(2)22(28)26(25)21(15)27)14-32-24(30)18-11-7-4-8-12-18/h3-12H,13-14H2,1-2H3. The molecule has 0 spiro atoms. The zero-order valence-corrected chi connectivity index (χ0v) is 17.5. The van der Waals surface area contributed by atoms with Gasteiger partial charge in [0.15, 0.2) is 0 Å². The first-order valence-corrected chi connectivity index (χ1v) is 9.92. The molecule has 8 heteroatoms. The molecular weight excluding hydrogens is 412 g/mol. The van der Waals surface area contributed by atoms with E-state index in [0.717, 1.165) is 4.52 Å². The van der Waals surface area contributed by atoms with Gasteiger partial charge in [-0.2, -0.15) is 4.52 Å². The number of hydrogen-bond acceptors (Lipinski definition) is 6. The van der Waals surface area contributed by atoms with Gasteiger partial charge in [0.05, 0.1) is 22.5 Å². The van der Waals surface area contributed by atoms with Gasteiger partial charge in [0, 0.05) is 11.1 Å². The average molecular weight is 432 g/mol. The van der Waals surface area contributed by atoms with E-state index in [1.165, 1.54) is 4.52 Å². The van der Waals surface area contributed by atoms with Crippen molar-refractivity contribution in [3.8, 4) is 0 Å². The van der Waals surface area contributed by atoms with Crippen molar-refractivity contribution < 1.29 is 19.1 Å². The largest absolute Gasteiger partial charge is 0.456 e. The van der Waals surface area contributed by atoms with Crippen LogP contribution >= 0.6 is 0 Å². The third kappa shape index (κ3) is 3.66. The smallest absolute Gasteiger partial charge is 0.338 e. The van der Waals surface area contributed by atoms with Crippen LogP contribution in [0.5, 0.6) is 0 Å². The molecule has 0 radical (unpaired) electrons. The van der Waals surface area contributed by atoms with Crippen LogP contribution in [-0.2, 0) is 22.7 Å². The molecule has 0 fully saturated rings. The maximum absolute atomic E-state index is 12.7. The third-order valence-corrected chi connectivity index (χ3v) is 5.30. The first-order chi connectivity index (χ1) is 15.4. The minimum atomic E-state index is -0.555. The van der Waals surface area contributed by atoms with E-state index in [-0.39, 0.29) is 24.3 Å². The molecule has 0 amide bonds. The molecule has 0 saturated heterocycles. The number of esters is 2. The molecular formula is C24H20N2O6. The number of benzene rings is 2. The van der Waals surface area contributed by atoms with E-state index in [1.807, 2.05) is 0 Å². The van der Waals surface area contributed by atoms with Crippen LogP contribution in [0.3, 0.4) is 0 Å². The van der Waals surface area contributed by atoms with E-state index in [2.05, 4.69) is 0 Å². The van der Waals surface area contributed by atoms with E-state index < -0.39 is 23.1 Å². The summed E-state index contributed by atoms with van der Waals surface area (Å²) in [5.41, 5.74) is 0.956. The summed E-state index contributed by atoms with van der Waals surface area (Å²) in [6.07, 6.45) is 0. The number of aromatic nitrogens is 2. The molecule has 0 bridgehead atoms. The molecule has 0 aliphatic heterocycles. The molecule has 2 aromatic carbocycles. The minimum absolute atomic E-state index is 0.224.